The molecule has 2 aromatic carbocycles. The van der Waals surface area contributed by atoms with Crippen LogP contribution in [0, 0.1) is 17.6 Å². The van der Waals surface area contributed by atoms with Crippen molar-refractivity contribution in [1.29, 1.82) is 0 Å². The third kappa shape index (κ3) is 3.59. The first kappa shape index (κ1) is 22.2. The van der Waals surface area contributed by atoms with E-state index in [2.05, 4.69) is 9.97 Å². The maximum absolute atomic E-state index is 14.5. The van der Waals surface area contributed by atoms with Crippen LogP contribution in [0.3, 0.4) is 0 Å². The largest absolute Gasteiger partial charge is 0.455 e. The van der Waals surface area contributed by atoms with Crippen molar-refractivity contribution in [2.24, 2.45) is 10.7 Å². The van der Waals surface area contributed by atoms with E-state index in [1.54, 1.807) is 30.3 Å². The fourth-order valence-corrected chi connectivity index (χ4v) is 4.76. The molecular formula is C27H19F3N4O2. The molecule has 1 spiro atoms. The van der Waals surface area contributed by atoms with Crippen LogP contribution in [-0.2, 0) is 10.3 Å². The van der Waals surface area contributed by atoms with E-state index in [4.69, 9.17) is 20.2 Å². The number of pyridine rings is 2. The number of amidine groups is 1. The number of ether oxygens (including phenoxy) is 2. The predicted molar refractivity (Wildman–Crippen MR) is 127 cm³/mol. The molecule has 0 saturated carbocycles. The highest BCUT2D eigenvalue weighted by Gasteiger charge is 2.44. The number of nitrogens with zero attached hydrogens (tertiary/aromatic N) is 3. The van der Waals surface area contributed by atoms with Gasteiger partial charge in [0.15, 0.2) is 17.4 Å². The first-order valence-corrected chi connectivity index (χ1v) is 11.3. The topological polar surface area (TPSA) is 82.6 Å². The van der Waals surface area contributed by atoms with E-state index in [0.29, 0.717) is 58.0 Å². The molecule has 2 aliphatic heterocycles. The van der Waals surface area contributed by atoms with Crippen LogP contribution in [0.15, 0.2) is 72.0 Å². The minimum absolute atomic E-state index is 0.158. The lowest BCUT2D eigenvalue weighted by Crippen LogP contribution is -2.32. The monoisotopic (exact) mass is 488 g/mol. The summed E-state index contributed by atoms with van der Waals surface area (Å²) in [5.74, 6) is -1.25. The number of aliphatic imine (C=N–C) groups is 1. The second kappa shape index (κ2) is 8.46. The van der Waals surface area contributed by atoms with E-state index >= 15 is 0 Å². The second-order valence-electron chi connectivity index (χ2n) is 8.62. The van der Waals surface area contributed by atoms with Crippen LogP contribution in [0.4, 0.5) is 13.2 Å². The zero-order valence-corrected chi connectivity index (χ0v) is 18.8. The van der Waals surface area contributed by atoms with Gasteiger partial charge in [-0.3, -0.25) is 9.98 Å². The number of halogens is 3. The van der Waals surface area contributed by atoms with Crippen molar-refractivity contribution in [1.82, 2.24) is 9.97 Å². The molecule has 1 unspecified atom stereocenters. The number of rotatable bonds is 2. The van der Waals surface area contributed by atoms with E-state index < -0.39 is 23.1 Å². The summed E-state index contributed by atoms with van der Waals surface area (Å²) in [7, 11) is 0. The molecule has 6 nitrogen and oxygen atoms in total. The summed E-state index contributed by atoms with van der Waals surface area (Å²) in [6, 6.07) is 14.0. The van der Waals surface area contributed by atoms with E-state index in [-0.39, 0.29) is 12.4 Å². The van der Waals surface area contributed by atoms with Gasteiger partial charge in [-0.15, -0.1) is 0 Å². The molecule has 0 saturated heterocycles. The van der Waals surface area contributed by atoms with Crippen molar-refractivity contribution in [3.05, 3.63) is 95.7 Å². The van der Waals surface area contributed by atoms with Crippen molar-refractivity contribution in [3.63, 3.8) is 0 Å². The normalized spacial score (nSPS) is 18.6. The summed E-state index contributed by atoms with van der Waals surface area (Å²) in [6.07, 6.45) is 3.33. The van der Waals surface area contributed by atoms with Gasteiger partial charge in [0.1, 0.15) is 23.7 Å². The van der Waals surface area contributed by atoms with Crippen LogP contribution in [0.25, 0.3) is 22.4 Å². The van der Waals surface area contributed by atoms with E-state index in [0.717, 1.165) is 12.1 Å². The molecule has 4 aromatic rings. The van der Waals surface area contributed by atoms with E-state index in [1.165, 1.54) is 18.5 Å². The van der Waals surface area contributed by atoms with Gasteiger partial charge in [0, 0.05) is 34.9 Å². The van der Waals surface area contributed by atoms with Gasteiger partial charge in [-0.05, 0) is 54.1 Å². The Hall–Kier alpha value is -4.24. The van der Waals surface area contributed by atoms with Crippen LogP contribution >= 0.6 is 0 Å². The third-order valence-electron chi connectivity index (χ3n) is 6.44. The van der Waals surface area contributed by atoms with Crippen LogP contribution < -0.4 is 10.5 Å². The molecule has 0 bridgehead atoms. The van der Waals surface area contributed by atoms with Gasteiger partial charge in [0.2, 0.25) is 5.95 Å². The maximum Gasteiger partial charge on any atom is 0.220 e. The van der Waals surface area contributed by atoms with Crippen molar-refractivity contribution >= 4 is 5.84 Å². The lowest BCUT2D eigenvalue weighted by Gasteiger charge is -2.37. The number of hydrogen-bond donors (Lipinski definition) is 1. The molecule has 36 heavy (non-hydrogen) atoms. The molecule has 1 atom stereocenters. The van der Waals surface area contributed by atoms with E-state index in [1.807, 2.05) is 6.07 Å². The molecule has 0 aliphatic carbocycles. The Morgan fingerprint density at radius 1 is 0.861 bits per heavy atom. The zero-order valence-electron chi connectivity index (χ0n) is 18.8. The minimum Gasteiger partial charge on any atom is -0.455 e. The van der Waals surface area contributed by atoms with Gasteiger partial charge in [-0.25, -0.2) is 13.8 Å². The summed E-state index contributed by atoms with van der Waals surface area (Å²) in [5.41, 5.74) is 8.24. The molecule has 180 valence electrons. The average Bonchev–Trinajstić information content (AvgIpc) is 3.08. The highest BCUT2D eigenvalue weighted by molar-refractivity contribution is 5.83. The maximum atomic E-state index is 14.5. The molecule has 0 amide bonds. The molecular weight excluding hydrogens is 469 g/mol. The highest BCUT2D eigenvalue weighted by Crippen LogP contribution is 2.52. The van der Waals surface area contributed by atoms with Crippen LogP contribution in [-0.4, -0.2) is 29.0 Å². The first-order chi connectivity index (χ1) is 17.4. The fourth-order valence-electron chi connectivity index (χ4n) is 4.76. The Kier molecular flexibility index (Phi) is 5.22. The highest BCUT2D eigenvalue weighted by atomic mass is 19.2. The predicted octanol–water partition coefficient (Wildman–Crippen LogP) is 5.35. The SMILES string of the molecule is NC1=NC2(CCOC1)c1cc(-c3cccnc3F)ccc1Oc1cnc(-c3ccc(F)c(F)c3)cc12. The van der Waals surface area contributed by atoms with Gasteiger partial charge in [0.05, 0.1) is 18.5 Å². The van der Waals surface area contributed by atoms with Crippen molar-refractivity contribution in [3.8, 4) is 33.9 Å². The van der Waals surface area contributed by atoms with Gasteiger partial charge >= 0.3 is 0 Å². The van der Waals surface area contributed by atoms with Crippen LogP contribution in [0.5, 0.6) is 11.5 Å². The Morgan fingerprint density at radius 3 is 2.53 bits per heavy atom. The molecule has 2 aliphatic rings. The molecule has 0 fully saturated rings. The Balaban J connectivity index is 1.58. The average molecular weight is 488 g/mol. The van der Waals surface area contributed by atoms with Crippen LogP contribution in [0.1, 0.15) is 17.5 Å². The van der Waals surface area contributed by atoms with Crippen molar-refractivity contribution in [2.45, 2.75) is 12.0 Å². The molecule has 4 heterocycles. The smallest absolute Gasteiger partial charge is 0.220 e. The standard InChI is InChI=1S/C27H19F3N4O2/c28-20-5-3-16(11-21(20)29)22-12-19-24(13-33-22)36-23-6-4-15(17-2-1-8-32-26(17)30)10-18(23)27(19)7-9-35-14-25(31)34-27/h1-6,8,10-13H,7,9,14H2,(H2,31,34). The molecule has 2 aromatic heterocycles. The first-order valence-electron chi connectivity index (χ1n) is 11.3. The van der Waals surface area contributed by atoms with Gasteiger partial charge in [-0.1, -0.05) is 6.07 Å². The summed E-state index contributed by atoms with van der Waals surface area (Å²) >= 11 is 0. The zero-order chi connectivity index (χ0) is 24.9. The van der Waals surface area contributed by atoms with Crippen molar-refractivity contribution in [2.75, 3.05) is 13.2 Å². The fraction of sp³-hybridized carbons (Fsp3) is 0.148. The lowest BCUT2D eigenvalue weighted by molar-refractivity contribution is 0.160. The van der Waals surface area contributed by atoms with Crippen molar-refractivity contribution < 1.29 is 22.6 Å². The summed E-state index contributed by atoms with van der Waals surface area (Å²) in [5, 5.41) is 0. The molecule has 6 rings (SSSR count). The summed E-state index contributed by atoms with van der Waals surface area (Å²) in [4.78, 5) is 13.1. The number of benzene rings is 2. The third-order valence-corrected chi connectivity index (χ3v) is 6.44. The summed E-state index contributed by atoms with van der Waals surface area (Å²) in [6.45, 7) is 0.503. The number of aromatic nitrogens is 2. The van der Waals surface area contributed by atoms with E-state index in [9.17, 15) is 13.2 Å². The van der Waals surface area contributed by atoms with Gasteiger partial charge < -0.3 is 15.2 Å². The number of hydrogen-bond acceptors (Lipinski definition) is 6. The minimum atomic E-state index is -1.03. The molecule has 2 N–H and O–H groups in total. The van der Waals surface area contributed by atoms with Gasteiger partial charge in [0.25, 0.3) is 0 Å². The molecule has 9 heteroatoms. The molecule has 0 radical (unpaired) electrons. The number of nitrogens with two attached hydrogens (primary N) is 1. The Morgan fingerprint density at radius 2 is 1.69 bits per heavy atom. The lowest BCUT2D eigenvalue weighted by atomic mass is 9.77. The summed E-state index contributed by atoms with van der Waals surface area (Å²) < 4.78 is 53.9. The quantitative estimate of drug-likeness (QED) is 0.385. The van der Waals surface area contributed by atoms with Gasteiger partial charge in [-0.2, -0.15) is 4.39 Å². The Bertz CT molecular complexity index is 1540. The number of fused-ring (bicyclic) bond motifs is 4. The second-order valence-corrected chi connectivity index (χ2v) is 8.62. The van der Waals surface area contributed by atoms with Crippen LogP contribution in [0.2, 0.25) is 0 Å². The Labute approximate surface area is 204 Å².